The van der Waals surface area contributed by atoms with Gasteiger partial charge in [0.05, 0.1) is 6.10 Å². The Labute approximate surface area is 116 Å². The number of aromatic nitrogens is 2. The van der Waals surface area contributed by atoms with E-state index in [1.807, 2.05) is 12.1 Å². The SMILES string of the molecule is OC(Cc1cncc(Br)c1)c1cncc(Br)c1. The Morgan fingerprint density at radius 3 is 2.29 bits per heavy atom. The predicted octanol–water partition coefficient (Wildman–Crippen LogP) is 3.28. The van der Waals surface area contributed by atoms with E-state index < -0.39 is 6.10 Å². The van der Waals surface area contributed by atoms with Crippen molar-refractivity contribution in [3.8, 4) is 0 Å². The average Bonchev–Trinajstić information content (AvgIpc) is 2.29. The highest BCUT2D eigenvalue weighted by Gasteiger charge is 2.09. The first-order valence-corrected chi connectivity index (χ1v) is 6.61. The monoisotopic (exact) mass is 356 g/mol. The van der Waals surface area contributed by atoms with E-state index in [1.165, 1.54) is 0 Å². The van der Waals surface area contributed by atoms with Gasteiger partial charge in [0.2, 0.25) is 0 Å². The summed E-state index contributed by atoms with van der Waals surface area (Å²) >= 11 is 6.69. The van der Waals surface area contributed by atoms with E-state index in [-0.39, 0.29) is 0 Å². The minimum absolute atomic E-state index is 0.518. The minimum atomic E-state index is -0.573. The minimum Gasteiger partial charge on any atom is -0.388 e. The van der Waals surface area contributed by atoms with Crippen molar-refractivity contribution in [1.29, 1.82) is 0 Å². The largest absolute Gasteiger partial charge is 0.388 e. The van der Waals surface area contributed by atoms with Gasteiger partial charge in [-0.25, -0.2) is 0 Å². The predicted molar refractivity (Wildman–Crippen MR) is 72.5 cm³/mol. The fraction of sp³-hybridized carbons (Fsp3) is 0.167. The summed E-state index contributed by atoms with van der Waals surface area (Å²) < 4.78 is 1.77. The number of nitrogens with zero attached hydrogens (tertiary/aromatic N) is 2. The molecule has 0 aliphatic carbocycles. The van der Waals surface area contributed by atoms with Crippen LogP contribution in [-0.2, 0) is 6.42 Å². The van der Waals surface area contributed by atoms with Crippen molar-refractivity contribution in [3.05, 3.63) is 57.0 Å². The van der Waals surface area contributed by atoms with Gasteiger partial charge in [-0.3, -0.25) is 9.97 Å². The number of halogens is 2. The van der Waals surface area contributed by atoms with Gasteiger partial charge in [-0.2, -0.15) is 0 Å². The van der Waals surface area contributed by atoms with Crippen molar-refractivity contribution in [1.82, 2.24) is 9.97 Å². The maximum Gasteiger partial charge on any atom is 0.0846 e. The standard InChI is InChI=1S/C12H10Br2N2O/c13-10-1-8(4-15-6-10)2-12(17)9-3-11(14)7-16-5-9/h1,3-7,12,17H,2H2. The zero-order valence-corrected chi connectivity index (χ0v) is 12.0. The molecule has 2 aromatic heterocycles. The molecule has 0 fully saturated rings. The summed E-state index contributed by atoms with van der Waals surface area (Å²) in [7, 11) is 0. The third kappa shape index (κ3) is 3.59. The van der Waals surface area contributed by atoms with Gasteiger partial charge in [0.25, 0.3) is 0 Å². The number of aliphatic hydroxyl groups excluding tert-OH is 1. The van der Waals surface area contributed by atoms with Crippen LogP contribution in [0.25, 0.3) is 0 Å². The molecule has 1 N–H and O–H groups in total. The van der Waals surface area contributed by atoms with Crippen LogP contribution in [0, 0.1) is 0 Å². The third-order valence-electron chi connectivity index (χ3n) is 2.30. The van der Waals surface area contributed by atoms with E-state index in [2.05, 4.69) is 41.8 Å². The van der Waals surface area contributed by atoms with Crippen LogP contribution in [0.2, 0.25) is 0 Å². The highest BCUT2D eigenvalue weighted by molar-refractivity contribution is 9.10. The van der Waals surface area contributed by atoms with Crippen LogP contribution in [0.15, 0.2) is 45.9 Å². The molecule has 2 heterocycles. The number of pyridine rings is 2. The summed E-state index contributed by atoms with van der Waals surface area (Å²) in [6.45, 7) is 0. The number of hydrogen-bond acceptors (Lipinski definition) is 3. The first kappa shape index (κ1) is 12.7. The van der Waals surface area contributed by atoms with Gasteiger partial charge in [0, 0.05) is 45.7 Å². The van der Waals surface area contributed by atoms with Crippen LogP contribution >= 0.6 is 31.9 Å². The lowest BCUT2D eigenvalue weighted by Gasteiger charge is -2.10. The van der Waals surface area contributed by atoms with Crippen molar-refractivity contribution < 1.29 is 5.11 Å². The Balaban J connectivity index is 2.14. The first-order valence-electron chi connectivity index (χ1n) is 5.03. The van der Waals surface area contributed by atoms with Crippen LogP contribution < -0.4 is 0 Å². The molecule has 0 saturated carbocycles. The highest BCUT2D eigenvalue weighted by Crippen LogP contribution is 2.21. The van der Waals surface area contributed by atoms with E-state index in [1.54, 1.807) is 24.8 Å². The fourth-order valence-corrected chi connectivity index (χ4v) is 2.31. The fourth-order valence-electron chi connectivity index (χ4n) is 1.52. The molecule has 0 bridgehead atoms. The van der Waals surface area contributed by atoms with E-state index in [4.69, 9.17) is 0 Å². The number of aliphatic hydroxyl groups is 1. The van der Waals surface area contributed by atoms with Crippen LogP contribution in [0.3, 0.4) is 0 Å². The topological polar surface area (TPSA) is 46.0 Å². The molecule has 17 heavy (non-hydrogen) atoms. The molecule has 0 amide bonds. The second kappa shape index (κ2) is 5.71. The third-order valence-corrected chi connectivity index (χ3v) is 3.17. The first-order chi connectivity index (χ1) is 8.15. The quantitative estimate of drug-likeness (QED) is 0.916. The van der Waals surface area contributed by atoms with E-state index in [9.17, 15) is 5.11 Å². The van der Waals surface area contributed by atoms with Crippen molar-refractivity contribution in [3.63, 3.8) is 0 Å². The zero-order valence-electron chi connectivity index (χ0n) is 8.85. The molecule has 0 aliphatic heterocycles. The molecule has 2 aromatic rings. The van der Waals surface area contributed by atoms with Gasteiger partial charge in [0.15, 0.2) is 0 Å². The zero-order chi connectivity index (χ0) is 12.3. The van der Waals surface area contributed by atoms with Crippen LogP contribution in [-0.4, -0.2) is 15.1 Å². The lowest BCUT2D eigenvalue weighted by molar-refractivity contribution is 0.178. The van der Waals surface area contributed by atoms with Crippen molar-refractivity contribution in [2.75, 3.05) is 0 Å². The molecule has 1 atom stereocenters. The van der Waals surface area contributed by atoms with Gasteiger partial charge in [-0.15, -0.1) is 0 Å². The average molecular weight is 358 g/mol. The highest BCUT2D eigenvalue weighted by atomic mass is 79.9. The molecule has 3 nitrogen and oxygen atoms in total. The lowest BCUT2D eigenvalue weighted by Crippen LogP contribution is -2.02. The van der Waals surface area contributed by atoms with Crippen molar-refractivity contribution in [2.24, 2.45) is 0 Å². The molecular weight excluding hydrogens is 348 g/mol. The summed E-state index contributed by atoms with van der Waals surface area (Å²) in [4.78, 5) is 8.10. The molecule has 0 spiro atoms. The van der Waals surface area contributed by atoms with Gasteiger partial charge in [-0.05, 0) is 49.6 Å². The van der Waals surface area contributed by atoms with E-state index in [0.717, 1.165) is 20.1 Å². The second-order valence-electron chi connectivity index (χ2n) is 3.67. The van der Waals surface area contributed by atoms with E-state index >= 15 is 0 Å². The number of hydrogen-bond donors (Lipinski definition) is 1. The molecule has 0 aromatic carbocycles. The Hall–Kier alpha value is -0.780. The molecule has 0 radical (unpaired) electrons. The molecule has 0 saturated heterocycles. The van der Waals surface area contributed by atoms with Crippen molar-refractivity contribution >= 4 is 31.9 Å². The van der Waals surface area contributed by atoms with Crippen molar-refractivity contribution in [2.45, 2.75) is 12.5 Å². The van der Waals surface area contributed by atoms with Crippen LogP contribution in [0.1, 0.15) is 17.2 Å². The second-order valence-corrected chi connectivity index (χ2v) is 5.50. The van der Waals surface area contributed by atoms with Gasteiger partial charge in [0.1, 0.15) is 0 Å². The Morgan fingerprint density at radius 1 is 1.00 bits per heavy atom. The Bertz CT molecular complexity index is 519. The van der Waals surface area contributed by atoms with Crippen LogP contribution in [0.4, 0.5) is 0 Å². The van der Waals surface area contributed by atoms with E-state index in [0.29, 0.717) is 6.42 Å². The molecule has 2 rings (SSSR count). The Kier molecular flexibility index (Phi) is 4.25. The maximum atomic E-state index is 10.1. The summed E-state index contributed by atoms with van der Waals surface area (Å²) in [5.74, 6) is 0. The molecular formula is C12H10Br2N2O. The van der Waals surface area contributed by atoms with Gasteiger partial charge < -0.3 is 5.11 Å². The summed E-state index contributed by atoms with van der Waals surface area (Å²) in [6, 6.07) is 3.81. The van der Waals surface area contributed by atoms with Gasteiger partial charge >= 0.3 is 0 Å². The van der Waals surface area contributed by atoms with Gasteiger partial charge in [-0.1, -0.05) is 0 Å². The lowest BCUT2D eigenvalue weighted by atomic mass is 10.0. The molecule has 0 aliphatic rings. The van der Waals surface area contributed by atoms with Crippen LogP contribution in [0.5, 0.6) is 0 Å². The summed E-state index contributed by atoms with van der Waals surface area (Å²) in [6.07, 6.45) is 6.77. The maximum absolute atomic E-state index is 10.1. The summed E-state index contributed by atoms with van der Waals surface area (Å²) in [5.41, 5.74) is 1.77. The molecule has 88 valence electrons. The summed E-state index contributed by atoms with van der Waals surface area (Å²) in [5, 5.41) is 10.1. The number of rotatable bonds is 3. The Morgan fingerprint density at radius 2 is 1.65 bits per heavy atom. The molecule has 1 unspecified atom stereocenters. The smallest absolute Gasteiger partial charge is 0.0846 e. The normalized spacial score (nSPS) is 12.4. The molecule has 5 heteroatoms.